The fourth-order valence-electron chi connectivity index (χ4n) is 1.58. The predicted molar refractivity (Wildman–Crippen MR) is 71.5 cm³/mol. The van der Waals surface area contributed by atoms with Gasteiger partial charge in [0.1, 0.15) is 12.2 Å². The van der Waals surface area contributed by atoms with E-state index in [1.54, 1.807) is 18.0 Å². The van der Waals surface area contributed by atoms with Crippen LogP contribution in [0.4, 0.5) is 0 Å². The Morgan fingerprint density at radius 3 is 2.72 bits per heavy atom. The average molecular weight is 262 g/mol. The van der Waals surface area contributed by atoms with Crippen molar-refractivity contribution >= 4 is 17.7 Å². The first-order valence-corrected chi connectivity index (χ1v) is 6.70. The molecule has 0 saturated carbocycles. The molecule has 18 heavy (non-hydrogen) atoms. The largest absolute Gasteiger partial charge is 0.469 e. The topological polar surface area (TPSA) is 55.0 Å². The van der Waals surface area contributed by atoms with Gasteiger partial charge in [-0.25, -0.2) is 4.98 Å². The molecule has 94 valence electrons. The highest BCUT2D eigenvalue weighted by Crippen LogP contribution is 2.21. The Labute approximate surface area is 110 Å². The van der Waals surface area contributed by atoms with Crippen LogP contribution in [-0.2, 0) is 16.0 Å². The van der Waals surface area contributed by atoms with Crippen LogP contribution in [0.1, 0.15) is 5.82 Å². The van der Waals surface area contributed by atoms with E-state index in [0.717, 1.165) is 11.3 Å². The van der Waals surface area contributed by atoms with Crippen molar-refractivity contribution in [2.24, 2.45) is 0 Å². The summed E-state index contributed by atoms with van der Waals surface area (Å²) in [6.07, 6.45) is 3.94. The number of thioether (sulfide) groups is 1. The normalized spacial score (nSPS) is 10.3. The molecule has 1 aromatic heterocycles. The predicted octanol–water partition coefficient (Wildman–Crippen LogP) is 2.51. The zero-order valence-corrected chi connectivity index (χ0v) is 11.1. The zero-order chi connectivity index (χ0) is 13.0. The Kier molecular flexibility index (Phi) is 4.04. The van der Waals surface area contributed by atoms with E-state index in [2.05, 4.69) is 26.8 Å². The summed E-state index contributed by atoms with van der Waals surface area (Å²) in [7, 11) is 1.37. The number of benzene rings is 1. The third kappa shape index (κ3) is 2.92. The van der Waals surface area contributed by atoms with Gasteiger partial charge < -0.3 is 9.72 Å². The van der Waals surface area contributed by atoms with Gasteiger partial charge in [-0.05, 0) is 24.0 Å². The number of hydrogen-bond donors (Lipinski definition) is 1. The summed E-state index contributed by atoms with van der Waals surface area (Å²) in [5.41, 5.74) is 1.96. The molecule has 0 bridgehead atoms. The Morgan fingerprint density at radius 2 is 2.11 bits per heavy atom. The van der Waals surface area contributed by atoms with Gasteiger partial charge in [0.2, 0.25) is 0 Å². The first kappa shape index (κ1) is 12.7. The lowest BCUT2D eigenvalue weighted by atomic mass is 10.2. The number of rotatable bonds is 4. The molecule has 0 saturated heterocycles. The quantitative estimate of drug-likeness (QED) is 0.679. The first-order chi connectivity index (χ1) is 8.72. The molecule has 1 heterocycles. The highest BCUT2D eigenvalue weighted by Gasteiger charge is 2.08. The second-order valence-electron chi connectivity index (χ2n) is 3.72. The standard InChI is InChI=1S/C13H14N2O2S/c1-17-13(16)7-12-14-8-11(15-12)9-3-5-10(18-2)6-4-9/h3-6,8H,7H2,1-2H3,(H,14,15). The van der Waals surface area contributed by atoms with Crippen LogP contribution in [0.25, 0.3) is 11.3 Å². The molecule has 0 amide bonds. The van der Waals surface area contributed by atoms with Crippen molar-refractivity contribution in [1.82, 2.24) is 9.97 Å². The molecule has 4 nitrogen and oxygen atoms in total. The number of hydrogen-bond acceptors (Lipinski definition) is 4. The van der Waals surface area contributed by atoms with Gasteiger partial charge in [-0.1, -0.05) is 12.1 Å². The van der Waals surface area contributed by atoms with E-state index in [-0.39, 0.29) is 12.4 Å². The molecule has 0 fully saturated rings. The summed E-state index contributed by atoms with van der Waals surface area (Å²) in [6, 6.07) is 8.17. The van der Waals surface area contributed by atoms with E-state index < -0.39 is 0 Å². The number of nitrogens with zero attached hydrogens (tertiary/aromatic N) is 1. The lowest BCUT2D eigenvalue weighted by Crippen LogP contribution is -2.05. The summed E-state index contributed by atoms with van der Waals surface area (Å²) in [6.45, 7) is 0. The van der Waals surface area contributed by atoms with Crippen LogP contribution < -0.4 is 0 Å². The summed E-state index contributed by atoms with van der Waals surface area (Å²) in [5, 5.41) is 0. The van der Waals surface area contributed by atoms with Gasteiger partial charge in [0.15, 0.2) is 0 Å². The number of H-pyrrole nitrogens is 1. The maximum atomic E-state index is 11.1. The molecule has 5 heteroatoms. The minimum atomic E-state index is -0.298. The Hall–Kier alpha value is -1.75. The highest BCUT2D eigenvalue weighted by atomic mass is 32.2. The number of aromatic amines is 1. The van der Waals surface area contributed by atoms with Crippen molar-refractivity contribution in [3.63, 3.8) is 0 Å². The average Bonchev–Trinajstić information content (AvgIpc) is 2.87. The summed E-state index contributed by atoms with van der Waals surface area (Å²) >= 11 is 1.70. The maximum absolute atomic E-state index is 11.1. The summed E-state index contributed by atoms with van der Waals surface area (Å²) < 4.78 is 4.60. The van der Waals surface area contributed by atoms with E-state index >= 15 is 0 Å². The lowest BCUT2D eigenvalue weighted by Gasteiger charge is -1.99. The van der Waals surface area contributed by atoms with E-state index in [0.29, 0.717) is 5.82 Å². The SMILES string of the molecule is COC(=O)Cc1ncc(-c2ccc(SC)cc2)[nH]1. The fourth-order valence-corrected chi connectivity index (χ4v) is 1.99. The maximum Gasteiger partial charge on any atom is 0.313 e. The minimum absolute atomic E-state index is 0.166. The number of ether oxygens (including phenoxy) is 1. The van der Waals surface area contributed by atoms with Crippen LogP contribution in [0.2, 0.25) is 0 Å². The third-order valence-corrected chi connectivity index (χ3v) is 3.31. The third-order valence-electron chi connectivity index (χ3n) is 2.57. The Morgan fingerprint density at radius 1 is 1.39 bits per heavy atom. The second-order valence-corrected chi connectivity index (χ2v) is 4.60. The minimum Gasteiger partial charge on any atom is -0.469 e. The van der Waals surface area contributed by atoms with Crippen molar-refractivity contribution in [1.29, 1.82) is 0 Å². The van der Waals surface area contributed by atoms with E-state index in [1.165, 1.54) is 12.0 Å². The molecule has 2 rings (SSSR count). The lowest BCUT2D eigenvalue weighted by molar-refractivity contribution is -0.139. The van der Waals surface area contributed by atoms with Crippen molar-refractivity contribution < 1.29 is 9.53 Å². The van der Waals surface area contributed by atoms with Crippen molar-refractivity contribution in [2.45, 2.75) is 11.3 Å². The van der Waals surface area contributed by atoms with Crippen molar-refractivity contribution in [3.8, 4) is 11.3 Å². The molecular formula is C13H14N2O2S. The molecule has 0 aliphatic rings. The van der Waals surface area contributed by atoms with Crippen molar-refractivity contribution in [3.05, 3.63) is 36.3 Å². The van der Waals surface area contributed by atoms with Gasteiger partial charge >= 0.3 is 5.97 Å². The number of nitrogens with one attached hydrogen (secondary N) is 1. The highest BCUT2D eigenvalue weighted by molar-refractivity contribution is 7.98. The van der Waals surface area contributed by atoms with Gasteiger partial charge in [-0.15, -0.1) is 11.8 Å². The monoisotopic (exact) mass is 262 g/mol. The van der Waals surface area contributed by atoms with E-state index in [1.807, 2.05) is 18.4 Å². The number of imidazole rings is 1. The van der Waals surface area contributed by atoms with Crippen LogP contribution in [-0.4, -0.2) is 29.3 Å². The van der Waals surface area contributed by atoms with Crippen LogP contribution >= 0.6 is 11.8 Å². The first-order valence-electron chi connectivity index (χ1n) is 5.48. The number of methoxy groups -OCH3 is 1. The van der Waals surface area contributed by atoms with Crippen LogP contribution in [0.3, 0.4) is 0 Å². The molecular weight excluding hydrogens is 248 g/mol. The van der Waals surface area contributed by atoms with Crippen LogP contribution in [0.5, 0.6) is 0 Å². The van der Waals surface area contributed by atoms with Gasteiger partial charge in [0.25, 0.3) is 0 Å². The molecule has 0 unspecified atom stereocenters. The number of carbonyl (C=O) groups excluding carboxylic acids is 1. The second kappa shape index (κ2) is 5.73. The molecule has 0 aliphatic carbocycles. The number of esters is 1. The van der Waals surface area contributed by atoms with Crippen LogP contribution in [0, 0.1) is 0 Å². The van der Waals surface area contributed by atoms with Gasteiger partial charge in [-0.2, -0.15) is 0 Å². The molecule has 0 aliphatic heterocycles. The zero-order valence-electron chi connectivity index (χ0n) is 10.3. The molecule has 1 N–H and O–H groups in total. The van der Waals surface area contributed by atoms with Gasteiger partial charge in [0.05, 0.1) is 19.0 Å². The molecule has 0 atom stereocenters. The molecule has 1 aromatic carbocycles. The Balaban J connectivity index is 2.15. The smallest absolute Gasteiger partial charge is 0.313 e. The van der Waals surface area contributed by atoms with Gasteiger partial charge in [0, 0.05) is 4.90 Å². The number of aromatic nitrogens is 2. The fraction of sp³-hybridized carbons (Fsp3) is 0.231. The summed E-state index contributed by atoms with van der Waals surface area (Å²) in [4.78, 5) is 19.6. The molecule has 0 spiro atoms. The van der Waals surface area contributed by atoms with Crippen molar-refractivity contribution in [2.75, 3.05) is 13.4 Å². The molecule has 0 radical (unpaired) electrons. The van der Waals surface area contributed by atoms with E-state index in [9.17, 15) is 4.79 Å². The van der Waals surface area contributed by atoms with Gasteiger partial charge in [-0.3, -0.25) is 4.79 Å². The Bertz CT molecular complexity index is 534. The summed E-state index contributed by atoms with van der Waals surface area (Å²) in [5.74, 6) is 0.319. The van der Waals surface area contributed by atoms with Crippen LogP contribution in [0.15, 0.2) is 35.4 Å². The van der Waals surface area contributed by atoms with E-state index in [4.69, 9.17) is 0 Å². The molecule has 2 aromatic rings. The number of carbonyl (C=O) groups is 1.